The second-order valence-corrected chi connectivity index (χ2v) is 8.34. The van der Waals surface area contributed by atoms with E-state index < -0.39 is 6.10 Å². The predicted octanol–water partition coefficient (Wildman–Crippen LogP) is 3.76. The number of aromatic nitrogens is 1. The third kappa shape index (κ3) is 3.33. The largest absolute Gasteiger partial charge is 0.468 e. The fourth-order valence-electron chi connectivity index (χ4n) is 5.03. The van der Waals surface area contributed by atoms with E-state index >= 15 is 0 Å². The minimum Gasteiger partial charge on any atom is -0.468 e. The molecule has 5 heteroatoms. The van der Waals surface area contributed by atoms with E-state index in [2.05, 4.69) is 23.7 Å². The lowest BCUT2D eigenvalue weighted by molar-refractivity contribution is -0.0951. The van der Waals surface area contributed by atoms with Gasteiger partial charge >= 0.3 is 0 Å². The molecule has 2 aromatic rings. The molecule has 146 valence electrons. The summed E-state index contributed by atoms with van der Waals surface area (Å²) in [6.45, 7) is 7.09. The molecule has 3 aliphatic rings. The Labute approximate surface area is 161 Å². The third-order valence-corrected chi connectivity index (χ3v) is 6.89. The average molecular weight is 370 g/mol. The number of methoxy groups -OCH3 is 1. The highest BCUT2D eigenvalue weighted by Crippen LogP contribution is 2.49. The van der Waals surface area contributed by atoms with Gasteiger partial charge in [-0.25, -0.2) is 0 Å². The van der Waals surface area contributed by atoms with Gasteiger partial charge < -0.3 is 14.6 Å². The van der Waals surface area contributed by atoms with Crippen LogP contribution in [0.25, 0.3) is 10.9 Å². The molecule has 1 aromatic carbocycles. The van der Waals surface area contributed by atoms with Crippen LogP contribution < -0.4 is 4.74 Å². The van der Waals surface area contributed by atoms with Gasteiger partial charge in [-0.3, -0.25) is 9.88 Å². The minimum atomic E-state index is -0.516. The van der Waals surface area contributed by atoms with E-state index in [-0.39, 0.29) is 12.8 Å². The molecule has 1 N–H and O–H groups in total. The number of aliphatic hydroxyl groups excluding tert-OH is 1. The molecule has 0 amide bonds. The van der Waals surface area contributed by atoms with Gasteiger partial charge in [0.05, 0.1) is 11.6 Å². The van der Waals surface area contributed by atoms with Gasteiger partial charge in [-0.2, -0.15) is 0 Å². The summed E-state index contributed by atoms with van der Waals surface area (Å²) in [5, 5.41) is 12.3. The van der Waals surface area contributed by atoms with Crippen LogP contribution in [-0.2, 0) is 4.74 Å². The standard InChI is InChI=1S/C22H30N2O3/c1-4-22(2)13-24-10-8-15(22)11-20(24)21(25)17-7-9-23-19-6-5-16(12-18(17)19)27-14-26-3/h5-7,9,12,15,20-21,25H,4,8,10-11,13-14H2,1-3H3/t15?,20-,21?,22?/m0/s1. The molecule has 3 saturated heterocycles. The van der Waals surface area contributed by atoms with Crippen molar-refractivity contribution in [3.63, 3.8) is 0 Å². The molecule has 3 aliphatic heterocycles. The molecule has 2 bridgehead atoms. The van der Waals surface area contributed by atoms with Crippen molar-refractivity contribution in [3.05, 3.63) is 36.0 Å². The van der Waals surface area contributed by atoms with Crippen molar-refractivity contribution in [1.29, 1.82) is 0 Å². The van der Waals surface area contributed by atoms with E-state index in [0.29, 0.717) is 11.3 Å². The van der Waals surface area contributed by atoms with E-state index in [1.54, 1.807) is 13.3 Å². The van der Waals surface area contributed by atoms with Crippen molar-refractivity contribution < 1.29 is 14.6 Å². The van der Waals surface area contributed by atoms with E-state index in [0.717, 1.165) is 41.7 Å². The van der Waals surface area contributed by atoms with Crippen molar-refractivity contribution in [2.45, 2.75) is 45.3 Å². The number of benzene rings is 1. The highest BCUT2D eigenvalue weighted by molar-refractivity contribution is 5.84. The molecular formula is C22H30N2O3. The molecule has 4 unspecified atom stereocenters. The van der Waals surface area contributed by atoms with Gasteiger partial charge in [-0.1, -0.05) is 13.8 Å². The molecule has 27 heavy (non-hydrogen) atoms. The maximum absolute atomic E-state index is 11.3. The summed E-state index contributed by atoms with van der Waals surface area (Å²) in [5.74, 6) is 1.43. The Morgan fingerprint density at radius 2 is 2.22 bits per heavy atom. The lowest BCUT2D eigenvalue weighted by Crippen LogP contribution is -2.59. The summed E-state index contributed by atoms with van der Waals surface area (Å²) < 4.78 is 10.6. The van der Waals surface area contributed by atoms with Crippen molar-refractivity contribution >= 4 is 10.9 Å². The summed E-state index contributed by atoms with van der Waals surface area (Å²) >= 11 is 0. The second kappa shape index (κ2) is 7.38. The minimum absolute atomic E-state index is 0.178. The first kappa shape index (κ1) is 18.7. The summed E-state index contributed by atoms with van der Waals surface area (Å²) in [7, 11) is 1.61. The first-order chi connectivity index (χ1) is 13.1. The lowest BCUT2D eigenvalue weighted by atomic mass is 9.63. The van der Waals surface area contributed by atoms with Crippen LogP contribution >= 0.6 is 0 Å². The normalized spacial score (nSPS) is 31.2. The molecule has 0 spiro atoms. The number of fused-ring (bicyclic) bond motifs is 4. The molecule has 0 aliphatic carbocycles. The molecule has 0 saturated carbocycles. The second-order valence-electron chi connectivity index (χ2n) is 8.34. The number of piperidine rings is 3. The molecule has 5 atom stereocenters. The fraction of sp³-hybridized carbons (Fsp3) is 0.591. The highest BCUT2D eigenvalue weighted by Gasteiger charge is 2.48. The number of ether oxygens (including phenoxy) is 2. The van der Waals surface area contributed by atoms with Crippen LogP contribution in [-0.4, -0.2) is 48.0 Å². The molecule has 1 aromatic heterocycles. The van der Waals surface area contributed by atoms with Gasteiger partial charge in [-0.15, -0.1) is 0 Å². The number of hydrogen-bond donors (Lipinski definition) is 1. The molecule has 0 radical (unpaired) electrons. The Balaban J connectivity index is 1.64. The van der Waals surface area contributed by atoms with E-state index in [1.807, 2.05) is 24.3 Å². The molecule has 5 rings (SSSR count). The van der Waals surface area contributed by atoms with Crippen molar-refractivity contribution in [1.82, 2.24) is 9.88 Å². The van der Waals surface area contributed by atoms with Crippen molar-refractivity contribution in [3.8, 4) is 5.75 Å². The summed E-state index contributed by atoms with van der Waals surface area (Å²) in [4.78, 5) is 6.97. The Morgan fingerprint density at radius 1 is 1.37 bits per heavy atom. The lowest BCUT2D eigenvalue weighted by Gasteiger charge is -2.56. The van der Waals surface area contributed by atoms with Crippen LogP contribution in [0.15, 0.2) is 30.5 Å². The quantitative estimate of drug-likeness (QED) is 0.785. The Morgan fingerprint density at radius 3 is 2.93 bits per heavy atom. The van der Waals surface area contributed by atoms with Crippen LogP contribution in [0.1, 0.15) is 44.8 Å². The third-order valence-electron chi connectivity index (χ3n) is 6.89. The highest BCUT2D eigenvalue weighted by atomic mass is 16.7. The SMILES string of the molecule is CCC1(C)CN2CCC1C[C@H]2C(O)c1ccnc2ccc(OCOC)cc12. The van der Waals surface area contributed by atoms with E-state index in [9.17, 15) is 5.11 Å². The summed E-state index contributed by atoms with van der Waals surface area (Å²) in [6.07, 6.45) is 4.80. The van der Waals surface area contributed by atoms with E-state index in [1.165, 1.54) is 12.8 Å². The first-order valence-corrected chi connectivity index (χ1v) is 9.98. The monoisotopic (exact) mass is 370 g/mol. The van der Waals surface area contributed by atoms with E-state index in [4.69, 9.17) is 9.47 Å². The summed E-state index contributed by atoms with van der Waals surface area (Å²) in [6, 6.07) is 7.93. The zero-order chi connectivity index (χ0) is 19.0. The fourth-order valence-corrected chi connectivity index (χ4v) is 5.03. The zero-order valence-electron chi connectivity index (χ0n) is 16.5. The maximum atomic E-state index is 11.3. The van der Waals surface area contributed by atoms with Gasteiger partial charge in [0.2, 0.25) is 0 Å². The molecule has 5 nitrogen and oxygen atoms in total. The van der Waals surface area contributed by atoms with Crippen molar-refractivity contribution in [2.75, 3.05) is 27.0 Å². The predicted molar refractivity (Wildman–Crippen MR) is 106 cm³/mol. The van der Waals surface area contributed by atoms with Crippen LogP contribution in [0.3, 0.4) is 0 Å². The number of hydrogen-bond acceptors (Lipinski definition) is 5. The Bertz CT molecular complexity index is 811. The van der Waals surface area contributed by atoms with Gasteiger partial charge in [-0.05, 0) is 67.0 Å². The number of nitrogens with zero attached hydrogens (tertiary/aromatic N) is 2. The van der Waals surface area contributed by atoms with Crippen molar-refractivity contribution in [2.24, 2.45) is 11.3 Å². The smallest absolute Gasteiger partial charge is 0.188 e. The first-order valence-electron chi connectivity index (χ1n) is 9.98. The number of pyridine rings is 1. The molecular weight excluding hydrogens is 340 g/mol. The summed E-state index contributed by atoms with van der Waals surface area (Å²) in [5.41, 5.74) is 2.21. The van der Waals surface area contributed by atoms with Gasteiger partial charge in [0.1, 0.15) is 5.75 Å². The molecule has 3 fully saturated rings. The van der Waals surface area contributed by atoms with Crippen LogP contribution in [0, 0.1) is 11.3 Å². The number of aliphatic hydroxyl groups is 1. The van der Waals surface area contributed by atoms with Gasteiger partial charge in [0.15, 0.2) is 6.79 Å². The topological polar surface area (TPSA) is 54.8 Å². The molecule has 4 heterocycles. The number of rotatable bonds is 6. The van der Waals surface area contributed by atoms with Crippen LogP contribution in [0.5, 0.6) is 5.75 Å². The Hall–Kier alpha value is -1.69. The maximum Gasteiger partial charge on any atom is 0.188 e. The average Bonchev–Trinajstić information content (AvgIpc) is 2.71. The van der Waals surface area contributed by atoms with Crippen LogP contribution in [0.2, 0.25) is 0 Å². The van der Waals surface area contributed by atoms with Crippen LogP contribution in [0.4, 0.5) is 0 Å². The van der Waals surface area contributed by atoms with Gasteiger partial charge in [0, 0.05) is 31.3 Å². The van der Waals surface area contributed by atoms with Gasteiger partial charge in [0.25, 0.3) is 0 Å². The zero-order valence-corrected chi connectivity index (χ0v) is 16.5. The Kier molecular flexibility index (Phi) is 5.10.